The van der Waals surface area contributed by atoms with Gasteiger partial charge in [-0.3, -0.25) is 9.78 Å². The van der Waals surface area contributed by atoms with Crippen molar-refractivity contribution in [1.29, 1.82) is 0 Å². The standard InChI is InChI=1S/C16H16FN3O/c17-13-6-2-1-5-12(13)16(7-3-4-8-16)20-15(21)14-11-18-9-10-19-14/h1-2,5-6,9-11H,3-4,7-8H2,(H,20,21). The number of benzene rings is 1. The fourth-order valence-electron chi connectivity index (χ4n) is 2.99. The molecule has 0 atom stereocenters. The number of amides is 1. The summed E-state index contributed by atoms with van der Waals surface area (Å²) < 4.78 is 14.2. The third kappa shape index (κ3) is 2.63. The number of halogens is 1. The lowest BCUT2D eigenvalue weighted by molar-refractivity contribution is 0.0891. The lowest BCUT2D eigenvalue weighted by atomic mass is 9.87. The number of rotatable bonds is 3. The van der Waals surface area contributed by atoms with Crippen molar-refractivity contribution in [2.24, 2.45) is 0 Å². The van der Waals surface area contributed by atoms with Gasteiger partial charge in [0.1, 0.15) is 11.5 Å². The zero-order valence-electron chi connectivity index (χ0n) is 11.6. The second-order valence-corrected chi connectivity index (χ2v) is 5.31. The fourth-order valence-corrected chi connectivity index (χ4v) is 2.99. The lowest BCUT2D eigenvalue weighted by Gasteiger charge is -2.31. The van der Waals surface area contributed by atoms with Gasteiger partial charge in [0.15, 0.2) is 0 Å². The highest BCUT2D eigenvalue weighted by atomic mass is 19.1. The van der Waals surface area contributed by atoms with Crippen molar-refractivity contribution in [2.75, 3.05) is 0 Å². The van der Waals surface area contributed by atoms with Gasteiger partial charge in [0.25, 0.3) is 5.91 Å². The molecule has 1 fully saturated rings. The second-order valence-electron chi connectivity index (χ2n) is 5.31. The summed E-state index contributed by atoms with van der Waals surface area (Å²) >= 11 is 0. The quantitative estimate of drug-likeness (QED) is 0.943. The molecule has 0 unspecified atom stereocenters. The minimum Gasteiger partial charge on any atom is -0.341 e. The Bertz CT molecular complexity index is 639. The van der Waals surface area contributed by atoms with E-state index in [1.807, 2.05) is 0 Å². The lowest BCUT2D eigenvalue weighted by Crippen LogP contribution is -2.44. The highest BCUT2D eigenvalue weighted by Crippen LogP contribution is 2.39. The van der Waals surface area contributed by atoms with Crippen LogP contribution in [0.15, 0.2) is 42.9 Å². The highest BCUT2D eigenvalue weighted by molar-refractivity contribution is 5.92. The second kappa shape index (κ2) is 5.60. The average Bonchev–Trinajstić information content (AvgIpc) is 2.98. The van der Waals surface area contributed by atoms with Crippen molar-refractivity contribution in [2.45, 2.75) is 31.2 Å². The molecule has 0 bridgehead atoms. The molecule has 1 aromatic heterocycles. The average molecular weight is 285 g/mol. The first-order valence-corrected chi connectivity index (χ1v) is 7.05. The van der Waals surface area contributed by atoms with Gasteiger partial charge >= 0.3 is 0 Å². The number of carbonyl (C=O) groups is 1. The molecule has 2 aromatic rings. The minimum atomic E-state index is -0.639. The minimum absolute atomic E-state index is 0.250. The summed E-state index contributed by atoms with van der Waals surface area (Å²) in [6, 6.07) is 6.64. The van der Waals surface area contributed by atoms with Gasteiger partial charge < -0.3 is 5.32 Å². The van der Waals surface area contributed by atoms with Crippen LogP contribution in [0.1, 0.15) is 41.7 Å². The normalized spacial score (nSPS) is 16.6. The Kier molecular flexibility index (Phi) is 3.64. The maximum absolute atomic E-state index is 14.2. The molecule has 0 spiro atoms. The highest BCUT2D eigenvalue weighted by Gasteiger charge is 2.39. The molecule has 1 aliphatic rings. The summed E-state index contributed by atoms with van der Waals surface area (Å²) in [5, 5.41) is 2.98. The molecule has 108 valence electrons. The zero-order chi connectivity index (χ0) is 14.7. The van der Waals surface area contributed by atoms with Crippen molar-refractivity contribution in [3.63, 3.8) is 0 Å². The van der Waals surface area contributed by atoms with Gasteiger partial charge in [-0.1, -0.05) is 31.0 Å². The van der Waals surface area contributed by atoms with Crippen LogP contribution in [-0.4, -0.2) is 15.9 Å². The van der Waals surface area contributed by atoms with E-state index in [1.165, 1.54) is 24.7 Å². The summed E-state index contributed by atoms with van der Waals surface area (Å²) in [4.78, 5) is 20.2. The van der Waals surface area contributed by atoms with Crippen LogP contribution in [0.25, 0.3) is 0 Å². The van der Waals surface area contributed by atoms with Gasteiger partial charge in [0.2, 0.25) is 0 Å². The van der Waals surface area contributed by atoms with Crippen LogP contribution in [0, 0.1) is 5.82 Å². The van der Waals surface area contributed by atoms with Crippen molar-refractivity contribution in [3.8, 4) is 0 Å². The van der Waals surface area contributed by atoms with E-state index in [-0.39, 0.29) is 17.4 Å². The molecule has 0 radical (unpaired) electrons. The number of nitrogens with zero attached hydrogens (tertiary/aromatic N) is 2. The molecule has 1 aliphatic carbocycles. The van der Waals surface area contributed by atoms with Crippen LogP contribution < -0.4 is 5.32 Å². The molecule has 1 amide bonds. The Morgan fingerprint density at radius 1 is 1.19 bits per heavy atom. The number of aromatic nitrogens is 2. The molecular weight excluding hydrogens is 269 g/mol. The first kappa shape index (κ1) is 13.7. The third-order valence-electron chi connectivity index (χ3n) is 4.00. The monoisotopic (exact) mass is 285 g/mol. The first-order valence-electron chi connectivity index (χ1n) is 7.05. The topological polar surface area (TPSA) is 54.9 Å². The summed E-state index contributed by atoms with van der Waals surface area (Å²) in [5.41, 5.74) is 0.166. The SMILES string of the molecule is O=C(NC1(c2ccccc2F)CCCC1)c1cnccn1. The smallest absolute Gasteiger partial charge is 0.272 e. The summed E-state index contributed by atoms with van der Waals surface area (Å²) in [6.07, 6.45) is 7.81. The van der Waals surface area contributed by atoms with E-state index in [0.717, 1.165) is 25.7 Å². The number of hydrogen-bond donors (Lipinski definition) is 1. The molecule has 5 heteroatoms. The third-order valence-corrected chi connectivity index (χ3v) is 4.00. The molecule has 21 heavy (non-hydrogen) atoms. The Hall–Kier alpha value is -2.30. The Morgan fingerprint density at radius 2 is 1.95 bits per heavy atom. The fraction of sp³-hybridized carbons (Fsp3) is 0.312. The van der Waals surface area contributed by atoms with E-state index in [0.29, 0.717) is 5.56 Å². The zero-order valence-corrected chi connectivity index (χ0v) is 11.6. The molecule has 0 saturated heterocycles. The van der Waals surface area contributed by atoms with E-state index >= 15 is 0 Å². The molecule has 1 aromatic carbocycles. The molecule has 3 rings (SSSR count). The summed E-state index contributed by atoms with van der Waals surface area (Å²) in [7, 11) is 0. The summed E-state index contributed by atoms with van der Waals surface area (Å²) in [5.74, 6) is -0.591. The molecule has 1 heterocycles. The van der Waals surface area contributed by atoms with Crippen molar-refractivity contribution >= 4 is 5.91 Å². The van der Waals surface area contributed by atoms with E-state index in [9.17, 15) is 9.18 Å². The van der Waals surface area contributed by atoms with Crippen molar-refractivity contribution in [3.05, 3.63) is 59.9 Å². The number of nitrogens with one attached hydrogen (secondary N) is 1. The van der Waals surface area contributed by atoms with E-state index in [2.05, 4.69) is 15.3 Å². The first-order chi connectivity index (χ1) is 10.2. The largest absolute Gasteiger partial charge is 0.341 e. The number of carbonyl (C=O) groups excluding carboxylic acids is 1. The van der Waals surface area contributed by atoms with E-state index in [4.69, 9.17) is 0 Å². The van der Waals surface area contributed by atoms with Crippen LogP contribution in [0.5, 0.6) is 0 Å². The Balaban J connectivity index is 1.92. The molecule has 1 N–H and O–H groups in total. The maximum atomic E-state index is 14.2. The van der Waals surface area contributed by atoms with Crippen molar-refractivity contribution < 1.29 is 9.18 Å². The van der Waals surface area contributed by atoms with E-state index < -0.39 is 5.54 Å². The van der Waals surface area contributed by atoms with Crippen LogP contribution in [-0.2, 0) is 5.54 Å². The van der Waals surface area contributed by atoms with Gasteiger partial charge in [-0.05, 0) is 18.9 Å². The Labute approximate surface area is 122 Å². The molecular formula is C16H16FN3O. The van der Waals surface area contributed by atoms with Crippen LogP contribution in [0.2, 0.25) is 0 Å². The van der Waals surface area contributed by atoms with Crippen molar-refractivity contribution in [1.82, 2.24) is 15.3 Å². The van der Waals surface area contributed by atoms with Crippen LogP contribution in [0.4, 0.5) is 4.39 Å². The van der Waals surface area contributed by atoms with Crippen LogP contribution >= 0.6 is 0 Å². The Morgan fingerprint density at radius 3 is 2.62 bits per heavy atom. The molecule has 0 aliphatic heterocycles. The maximum Gasteiger partial charge on any atom is 0.272 e. The van der Waals surface area contributed by atoms with Gasteiger partial charge in [-0.25, -0.2) is 9.37 Å². The predicted molar refractivity (Wildman–Crippen MR) is 76.0 cm³/mol. The summed E-state index contributed by atoms with van der Waals surface area (Å²) in [6.45, 7) is 0. The molecule has 1 saturated carbocycles. The van der Waals surface area contributed by atoms with Crippen LogP contribution in [0.3, 0.4) is 0 Å². The van der Waals surface area contributed by atoms with Gasteiger partial charge in [0.05, 0.1) is 11.7 Å². The van der Waals surface area contributed by atoms with Gasteiger partial charge in [0, 0.05) is 18.0 Å². The predicted octanol–water partition coefficient (Wildman–Crippen LogP) is 2.82. The van der Waals surface area contributed by atoms with Gasteiger partial charge in [-0.15, -0.1) is 0 Å². The number of hydrogen-bond acceptors (Lipinski definition) is 3. The molecule has 4 nitrogen and oxygen atoms in total. The van der Waals surface area contributed by atoms with E-state index in [1.54, 1.807) is 18.2 Å². The van der Waals surface area contributed by atoms with Gasteiger partial charge in [-0.2, -0.15) is 0 Å².